The largest absolute Gasteiger partial charge is 0.427 e. The Bertz CT molecular complexity index is 641. The third kappa shape index (κ3) is 4.15. The zero-order valence-corrected chi connectivity index (χ0v) is 13.1. The predicted octanol–water partition coefficient (Wildman–Crippen LogP) is 4.16. The molecule has 5 heteroatoms. The second kappa shape index (κ2) is 6.63. The number of esters is 1. The smallest absolute Gasteiger partial charge is 0.308 e. The van der Waals surface area contributed by atoms with Gasteiger partial charge in [-0.3, -0.25) is 4.79 Å². The lowest BCUT2D eigenvalue weighted by atomic mass is 10.2. The van der Waals surface area contributed by atoms with Crippen LogP contribution in [0.5, 0.6) is 5.75 Å². The van der Waals surface area contributed by atoms with Crippen LogP contribution in [0.15, 0.2) is 53.0 Å². The highest BCUT2D eigenvalue weighted by atomic mass is 79.9. The van der Waals surface area contributed by atoms with Crippen LogP contribution in [0, 0.1) is 0 Å². The molecule has 0 unspecified atom stereocenters. The van der Waals surface area contributed by atoms with E-state index >= 15 is 0 Å². The number of carbonyl (C=O) groups is 1. The van der Waals surface area contributed by atoms with Gasteiger partial charge in [0.25, 0.3) is 0 Å². The molecule has 0 spiro atoms. The third-order valence-corrected chi connectivity index (χ3v) is 3.33. The SMILES string of the molecule is CC(=O)Oc1cccc(C(=S)Nc2ccc(Br)cc2)c1. The average molecular weight is 350 g/mol. The maximum absolute atomic E-state index is 10.9. The van der Waals surface area contributed by atoms with E-state index in [2.05, 4.69) is 21.2 Å². The van der Waals surface area contributed by atoms with E-state index in [1.807, 2.05) is 30.3 Å². The molecule has 0 aromatic heterocycles. The summed E-state index contributed by atoms with van der Waals surface area (Å²) in [5.41, 5.74) is 1.69. The van der Waals surface area contributed by atoms with E-state index in [9.17, 15) is 4.79 Å². The second-order valence-corrected chi connectivity index (χ2v) is 5.41. The van der Waals surface area contributed by atoms with Crippen molar-refractivity contribution < 1.29 is 9.53 Å². The van der Waals surface area contributed by atoms with E-state index in [4.69, 9.17) is 17.0 Å². The number of hydrogen-bond donors (Lipinski definition) is 1. The Kier molecular flexibility index (Phi) is 4.87. The Labute approximate surface area is 131 Å². The van der Waals surface area contributed by atoms with Gasteiger partial charge in [-0.2, -0.15) is 0 Å². The number of carbonyl (C=O) groups excluding carboxylic acids is 1. The molecule has 102 valence electrons. The molecule has 0 aliphatic rings. The molecule has 0 saturated carbocycles. The second-order valence-electron chi connectivity index (χ2n) is 4.08. The molecule has 0 aliphatic heterocycles. The Balaban J connectivity index is 2.12. The highest BCUT2D eigenvalue weighted by molar-refractivity contribution is 9.10. The minimum Gasteiger partial charge on any atom is -0.427 e. The molecule has 0 fully saturated rings. The summed E-state index contributed by atoms with van der Waals surface area (Å²) in [6, 6.07) is 14.8. The molecule has 1 N–H and O–H groups in total. The minimum atomic E-state index is -0.353. The van der Waals surface area contributed by atoms with Gasteiger partial charge in [0.05, 0.1) is 0 Å². The highest BCUT2D eigenvalue weighted by Crippen LogP contribution is 2.18. The van der Waals surface area contributed by atoms with Crippen LogP contribution in [0.25, 0.3) is 0 Å². The number of rotatable bonds is 3. The molecule has 3 nitrogen and oxygen atoms in total. The Morgan fingerprint density at radius 2 is 1.90 bits per heavy atom. The van der Waals surface area contributed by atoms with Gasteiger partial charge in [-0.15, -0.1) is 0 Å². The molecule has 0 heterocycles. The predicted molar refractivity (Wildman–Crippen MR) is 87.2 cm³/mol. The number of benzene rings is 2. The topological polar surface area (TPSA) is 38.3 Å². The van der Waals surface area contributed by atoms with Gasteiger partial charge < -0.3 is 10.1 Å². The molecule has 0 radical (unpaired) electrons. The van der Waals surface area contributed by atoms with Crippen molar-refractivity contribution in [2.24, 2.45) is 0 Å². The van der Waals surface area contributed by atoms with E-state index in [0.29, 0.717) is 10.7 Å². The maximum Gasteiger partial charge on any atom is 0.308 e. The minimum absolute atomic E-state index is 0.353. The molecule has 0 aliphatic carbocycles. The maximum atomic E-state index is 10.9. The molecule has 0 bridgehead atoms. The van der Waals surface area contributed by atoms with Gasteiger partial charge in [-0.05, 0) is 36.4 Å². The van der Waals surface area contributed by atoms with Gasteiger partial charge in [-0.25, -0.2) is 0 Å². The summed E-state index contributed by atoms with van der Waals surface area (Å²) >= 11 is 8.73. The summed E-state index contributed by atoms with van der Waals surface area (Å²) in [5.74, 6) is 0.129. The molecule has 20 heavy (non-hydrogen) atoms. The van der Waals surface area contributed by atoms with Crippen molar-refractivity contribution >= 4 is 44.8 Å². The molecular formula is C15H12BrNO2S. The number of nitrogens with one attached hydrogen (secondary N) is 1. The van der Waals surface area contributed by atoms with Crippen LogP contribution in [0.2, 0.25) is 0 Å². The van der Waals surface area contributed by atoms with Gasteiger partial charge in [0.15, 0.2) is 0 Å². The lowest BCUT2D eigenvalue weighted by Crippen LogP contribution is -2.11. The number of anilines is 1. The van der Waals surface area contributed by atoms with Crippen molar-refractivity contribution in [3.63, 3.8) is 0 Å². The Morgan fingerprint density at radius 3 is 2.55 bits per heavy atom. The average Bonchev–Trinajstić information content (AvgIpc) is 2.41. The van der Waals surface area contributed by atoms with Crippen LogP contribution in [0.1, 0.15) is 12.5 Å². The van der Waals surface area contributed by atoms with E-state index in [1.165, 1.54) is 6.92 Å². The van der Waals surface area contributed by atoms with Crippen molar-refractivity contribution in [2.45, 2.75) is 6.92 Å². The highest BCUT2D eigenvalue weighted by Gasteiger charge is 2.05. The lowest BCUT2D eigenvalue weighted by Gasteiger charge is -2.09. The zero-order valence-electron chi connectivity index (χ0n) is 10.7. The van der Waals surface area contributed by atoms with E-state index in [0.717, 1.165) is 15.7 Å². The van der Waals surface area contributed by atoms with E-state index < -0.39 is 0 Å². The van der Waals surface area contributed by atoms with Gasteiger partial charge in [0.2, 0.25) is 0 Å². The molecule has 0 amide bonds. The number of ether oxygens (including phenoxy) is 1. The monoisotopic (exact) mass is 349 g/mol. The van der Waals surface area contributed by atoms with Gasteiger partial charge in [0.1, 0.15) is 10.7 Å². The summed E-state index contributed by atoms with van der Waals surface area (Å²) in [5, 5.41) is 3.14. The summed E-state index contributed by atoms with van der Waals surface area (Å²) in [7, 11) is 0. The van der Waals surface area contributed by atoms with E-state index in [-0.39, 0.29) is 5.97 Å². The first kappa shape index (κ1) is 14.7. The van der Waals surface area contributed by atoms with Gasteiger partial charge >= 0.3 is 5.97 Å². The first-order valence-electron chi connectivity index (χ1n) is 5.90. The fraction of sp³-hybridized carbons (Fsp3) is 0.0667. The standard InChI is InChI=1S/C15H12BrNO2S/c1-10(18)19-14-4-2-3-11(9-14)15(20)17-13-7-5-12(16)6-8-13/h2-9H,1H3,(H,17,20). The molecule has 0 atom stereocenters. The van der Waals surface area contributed by atoms with Crippen LogP contribution in [-0.4, -0.2) is 11.0 Å². The number of halogens is 1. The quantitative estimate of drug-likeness (QED) is 0.512. The lowest BCUT2D eigenvalue weighted by molar-refractivity contribution is -0.131. The Morgan fingerprint density at radius 1 is 1.20 bits per heavy atom. The van der Waals surface area contributed by atoms with Crippen LogP contribution in [0.3, 0.4) is 0 Å². The molecular weight excluding hydrogens is 338 g/mol. The summed E-state index contributed by atoms with van der Waals surface area (Å²) in [6.45, 7) is 1.37. The summed E-state index contributed by atoms with van der Waals surface area (Å²) in [6.07, 6.45) is 0. The fourth-order valence-corrected chi connectivity index (χ4v) is 2.11. The molecule has 2 aromatic carbocycles. The van der Waals surface area contributed by atoms with Gasteiger partial charge in [-0.1, -0.05) is 40.3 Å². The molecule has 2 aromatic rings. The molecule has 2 rings (SSSR count). The fourth-order valence-electron chi connectivity index (χ4n) is 1.60. The number of hydrogen-bond acceptors (Lipinski definition) is 3. The first-order valence-corrected chi connectivity index (χ1v) is 7.10. The van der Waals surface area contributed by atoms with E-state index in [1.54, 1.807) is 18.2 Å². The summed E-state index contributed by atoms with van der Waals surface area (Å²) < 4.78 is 6.04. The van der Waals surface area contributed by atoms with Crippen LogP contribution in [-0.2, 0) is 4.79 Å². The van der Waals surface area contributed by atoms with Crippen molar-refractivity contribution in [2.75, 3.05) is 5.32 Å². The third-order valence-electron chi connectivity index (χ3n) is 2.46. The van der Waals surface area contributed by atoms with Crippen molar-refractivity contribution in [3.8, 4) is 5.75 Å². The van der Waals surface area contributed by atoms with Crippen molar-refractivity contribution in [1.29, 1.82) is 0 Å². The summed E-state index contributed by atoms with van der Waals surface area (Å²) in [4.78, 5) is 11.5. The van der Waals surface area contributed by atoms with Gasteiger partial charge in [0, 0.05) is 22.6 Å². The van der Waals surface area contributed by atoms with Crippen LogP contribution < -0.4 is 10.1 Å². The first-order chi connectivity index (χ1) is 9.54. The number of thiocarbonyl (C=S) groups is 1. The normalized spacial score (nSPS) is 9.90. The van der Waals surface area contributed by atoms with Crippen LogP contribution in [0.4, 0.5) is 5.69 Å². The van der Waals surface area contributed by atoms with Crippen molar-refractivity contribution in [3.05, 3.63) is 58.6 Å². The molecule has 0 saturated heterocycles. The van der Waals surface area contributed by atoms with Crippen LogP contribution >= 0.6 is 28.1 Å². The van der Waals surface area contributed by atoms with Crippen molar-refractivity contribution in [1.82, 2.24) is 0 Å². The Hall–Kier alpha value is -1.72. The zero-order chi connectivity index (χ0) is 14.5.